The number of rotatable bonds is 12. The molecule has 116 valence electrons. The first-order valence-corrected chi connectivity index (χ1v) is 8.78. The smallest absolute Gasteiger partial charge is 0.217 e. The molecular weight excluding hydrogens is 264 g/mol. The van der Waals surface area contributed by atoms with Crippen LogP contribution in [0.3, 0.4) is 0 Å². The first kappa shape index (κ1) is 18.9. The van der Waals surface area contributed by atoms with Gasteiger partial charge in [0, 0.05) is 0 Å². The molecule has 0 aliphatic rings. The standard InChI is InChI=1S/C14H30O4S/c1-4-5-6-9-13(2)10-7-8-11-14(3)12-18-19(15,16)17/h13-14H,4-12H2,1-3H3,(H,15,16,17)/p-1. The van der Waals surface area contributed by atoms with Crippen LogP contribution in [0.4, 0.5) is 0 Å². The van der Waals surface area contributed by atoms with Crippen LogP contribution in [0, 0.1) is 11.8 Å². The molecule has 0 aromatic heterocycles. The molecule has 0 aliphatic heterocycles. The van der Waals surface area contributed by atoms with E-state index in [2.05, 4.69) is 18.0 Å². The van der Waals surface area contributed by atoms with Crippen molar-refractivity contribution < 1.29 is 17.2 Å². The molecule has 2 atom stereocenters. The van der Waals surface area contributed by atoms with Gasteiger partial charge in [0.2, 0.25) is 10.4 Å². The summed E-state index contributed by atoms with van der Waals surface area (Å²) >= 11 is 0. The summed E-state index contributed by atoms with van der Waals surface area (Å²) in [7, 11) is -4.53. The molecule has 0 radical (unpaired) electrons. The molecule has 0 N–H and O–H groups in total. The van der Waals surface area contributed by atoms with Crippen molar-refractivity contribution >= 4 is 10.4 Å². The van der Waals surface area contributed by atoms with Gasteiger partial charge in [-0.3, -0.25) is 4.18 Å². The van der Waals surface area contributed by atoms with Gasteiger partial charge in [-0.2, -0.15) is 0 Å². The van der Waals surface area contributed by atoms with Crippen LogP contribution in [-0.2, 0) is 14.6 Å². The fourth-order valence-corrected chi connectivity index (χ4v) is 2.55. The summed E-state index contributed by atoms with van der Waals surface area (Å²) < 4.78 is 35.2. The molecule has 0 heterocycles. The second-order valence-electron chi connectivity index (χ2n) is 5.68. The maximum Gasteiger partial charge on any atom is 0.217 e. The zero-order valence-corrected chi connectivity index (χ0v) is 13.4. The van der Waals surface area contributed by atoms with Crippen LogP contribution < -0.4 is 0 Å². The summed E-state index contributed by atoms with van der Waals surface area (Å²) in [5, 5.41) is 0. The second kappa shape index (κ2) is 10.6. The van der Waals surface area contributed by atoms with Crippen LogP contribution in [0.1, 0.15) is 72.1 Å². The zero-order chi connectivity index (χ0) is 14.7. The normalized spacial score (nSPS) is 15.4. The Balaban J connectivity index is 3.47. The lowest BCUT2D eigenvalue weighted by molar-refractivity contribution is 0.217. The van der Waals surface area contributed by atoms with E-state index in [1.165, 1.54) is 38.5 Å². The van der Waals surface area contributed by atoms with Crippen LogP contribution in [0.2, 0.25) is 0 Å². The molecule has 0 aliphatic carbocycles. The van der Waals surface area contributed by atoms with Gasteiger partial charge in [-0.05, 0) is 18.3 Å². The Morgan fingerprint density at radius 1 is 0.947 bits per heavy atom. The fourth-order valence-electron chi connectivity index (χ4n) is 2.16. The summed E-state index contributed by atoms with van der Waals surface area (Å²) in [6, 6.07) is 0. The van der Waals surface area contributed by atoms with E-state index in [1.54, 1.807) is 0 Å². The topological polar surface area (TPSA) is 66.4 Å². The molecule has 0 aromatic rings. The average Bonchev–Trinajstić information content (AvgIpc) is 2.31. The summed E-state index contributed by atoms with van der Waals surface area (Å²) in [5.41, 5.74) is 0. The van der Waals surface area contributed by atoms with Gasteiger partial charge in [-0.1, -0.05) is 65.7 Å². The van der Waals surface area contributed by atoms with Crippen molar-refractivity contribution in [3.05, 3.63) is 0 Å². The van der Waals surface area contributed by atoms with E-state index >= 15 is 0 Å². The fraction of sp³-hybridized carbons (Fsp3) is 1.00. The quantitative estimate of drug-likeness (QED) is 0.311. The third-order valence-electron chi connectivity index (χ3n) is 3.44. The molecule has 0 saturated heterocycles. The predicted molar refractivity (Wildman–Crippen MR) is 76.6 cm³/mol. The Kier molecular flexibility index (Phi) is 10.6. The molecule has 19 heavy (non-hydrogen) atoms. The van der Waals surface area contributed by atoms with Crippen LogP contribution in [0.25, 0.3) is 0 Å². The van der Waals surface area contributed by atoms with E-state index in [9.17, 15) is 13.0 Å². The van der Waals surface area contributed by atoms with Gasteiger partial charge in [0.05, 0.1) is 6.61 Å². The van der Waals surface area contributed by atoms with Crippen LogP contribution in [0.15, 0.2) is 0 Å². The molecule has 0 fully saturated rings. The molecule has 0 rings (SSSR count). The van der Waals surface area contributed by atoms with Gasteiger partial charge < -0.3 is 4.55 Å². The second-order valence-corrected chi connectivity index (χ2v) is 6.74. The van der Waals surface area contributed by atoms with Gasteiger partial charge in [-0.25, -0.2) is 8.42 Å². The summed E-state index contributed by atoms with van der Waals surface area (Å²) in [4.78, 5) is 0. The van der Waals surface area contributed by atoms with Gasteiger partial charge >= 0.3 is 0 Å². The van der Waals surface area contributed by atoms with Crippen molar-refractivity contribution in [2.45, 2.75) is 72.1 Å². The minimum Gasteiger partial charge on any atom is -0.726 e. The van der Waals surface area contributed by atoms with Gasteiger partial charge in [0.15, 0.2) is 0 Å². The van der Waals surface area contributed by atoms with Crippen LogP contribution >= 0.6 is 0 Å². The first-order valence-electron chi connectivity index (χ1n) is 7.45. The molecule has 0 bridgehead atoms. The van der Waals surface area contributed by atoms with E-state index in [1.807, 2.05) is 6.92 Å². The van der Waals surface area contributed by atoms with E-state index in [0.717, 1.165) is 18.8 Å². The van der Waals surface area contributed by atoms with Crippen molar-refractivity contribution in [3.8, 4) is 0 Å². The number of hydrogen-bond acceptors (Lipinski definition) is 4. The highest BCUT2D eigenvalue weighted by Gasteiger charge is 2.06. The predicted octanol–water partition coefficient (Wildman–Crippen LogP) is 3.88. The third-order valence-corrected chi connectivity index (χ3v) is 3.87. The van der Waals surface area contributed by atoms with Crippen molar-refractivity contribution in [3.63, 3.8) is 0 Å². The Morgan fingerprint density at radius 2 is 1.42 bits per heavy atom. The SMILES string of the molecule is CCCCCC(C)CCCCC(C)COS(=O)(=O)[O-]. The molecule has 4 nitrogen and oxygen atoms in total. The van der Waals surface area contributed by atoms with E-state index in [-0.39, 0.29) is 12.5 Å². The molecule has 0 amide bonds. The summed E-state index contributed by atoms with van der Waals surface area (Å²) in [6.45, 7) is 6.44. The Morgan fingerprint density at radius 3 is 1.89 bits per heavy atom. The summed E-state index contributed by atoms with van der Waals surface area (Å²) in [6.07, 6.45) is 9.61. The molecule has 0 spiro atoms. The highest BCUT2D eigenvalue weighted by Crippen LogP contribution is 2.18. The minimum absolute atomic E-state index is 0.0118. The molecule has 5 heteroatoms. The van der Waals surface area contributed by atoms with Crippen LogP contribution in [-0.4, -0.2) is 19.6 Å². The molecule has 2 unspecified atom stereocenters. The van der Waals surface area contributed by atoms with Crippen molar-refractivity contribution in [2.24, 2.45) is 11.8 Å². The lowest BCUT2D eigenvalue weighted by atomic mass is 9.95. The third kappa shape index (κ3) is 14.1. The zero-order valence-electron chi connectivity index (χ0n) is 12.6. The van der Waals surface area contributed by atoms with E-state index in [4.69, 9.17) is 0 Å². The van der Waals surface area contributed by atoms with Crippen molar-refractivity contribution in [1.29, 1.82) is 0 Å². The highest BCUT2D eigenvalue weighted by atomic mass is 32.3. The van der Waals surface area contributed by atoms with Crippen molar-refractivity contribution in [2.75, 3.05) is 6.61 Å². The lowest BCUT2D eigenvalue weighted by Gasteiger charge is -2.14. The first-order chi connectivity index (χ1) is 8.85. The van der Waals surface area contributed by atoms with Gasteiger partial charge in [-0.15, -0.1) is 0 Å². The monoisotopic (exact) mass is 293 g/mol. The maximum atomic E-state index is 10.3. The minimum atomic E-state index is -4.53. The van der Waals surface area contributed by atoms with E-state index in [0.29, 0.717) is 0 Å². The molecular formula is C14H29O4S-. The Bertz CT molecular complexity index is 301. The molecule has 0 aromatic carbocycles. The van der Waals surface area contributed by atoms with E-state index < -0.39 is 10.4 Å². The largest absolute Gasteiger partial charge is 0.726 e. The highest BCUT2D eigenvalue weighted by molar-refractivity contribution is 7.80. The Hall–Kier alpha value is -0.130. The van der Waals surface area contributed by atoms with Crippen molar-refractivity contribution in [1.82, 2.24) is 0 Å². The van der Waals surface area contributed by atoms with Gasteiger partial charge in [0.1, 0.15) is 0 Å². The maximum absolute atomic E-state index is 10.3. The Labute approximate surface area is 118 Å². The summed E-state index contributed by atoms with van der Waals surface area (Å²) in [5.74, 6) is 0.902. The number of hydrogen-bond donors (Lipinski definition) is 0. The van der Waals surface area contributed by atoms with Gasteiger partial charge in [0.25, 0.3) is 0 Å². The average molecular weight is 293 g/mol. The molecule has 0 saturated carbocycles. The van der Waals surface area contributed by atoms with Crippen LogP contribution in [0.5, 0.6) is 0 Å². The number of unbranched alkanes of at least 4 members (excludes halogenated alkanes) is 3. The lowest BCUT2D eigenvalue weighted by Crippen LogP contribution is -2.11.